The van der Waals surface area contributed by atoms with Gasteiger partial charge in [0.25, 0.3) is 0 Å². The monoisotopic (exact) mass is 386 g/mol. The molecule has 4 heteroatoms. The Morgan fingerprint density at radius 2 is 1.81 bits per heavy atom. The van der Waals surface area contributed by atoms with Gasteiger partial charge in [-0.3, -0.25) is 4.79 Å². The Hall–Kier alpha value is -1.44. The van der Waals surface area contributed by atoms with Gasteiger partial charge in [0.2, 0.25) is 0 Å². The number of carbonyl (C=O) groups is 1. The summed E-state index contributed by atoms with van der Waals surface area (Å²) in [6.07, 6.45) is 0.989. The highest BCUT2D eigenvalue weighted by Gasteiger charge is 2.31. The Labute approximate surface area is 161 Å². The average Bonchev–Trinajstić information content (AvgIpc) is 2.60. The van der Waals surface area contributed by atoms with Crippen LogP contribution in [0.3, 0.4) is 0 Å². The normalized spacial score (nSPS) is 14.4. The molecule has 0 saturated carbocycles. The molecule has 2 aromatic rings. The maximum atomic E-state index is 12.1. The summed E-state index contributed by atoms with van der Waals surface area (Å²) in [5, 5.41) is 2.52. The van der Waals surface area contributed by atoms with Gasteiger partial charge in [-0.05, 0) is 24.7 Å². The minimum absolute atomic E-state index is 0.0629. The first kappa shape index (κ1) is 20.9. The topological polar surface area (TPSA) is 26.3 Å². The summed E-state index contributed by atoms with van der Waals surface area (Å²) in [6.45, 7) is 13.3. The van der Waals surface area contributed by atoms with Gasteiger partial charge in [-0.15, -0.1) is 0 Å². The van der Waals surface area contributed by atoms with Gasteiger partial charge in [0, 0.05) is 16.3 Å². The zero-order chi connectivity index (χ0) is 19.5. The first-order chi connectivity index (χ1) is 12.1. The molecular weight excluding hydrogens is 355 g/mol. The van der Waals surface area contributed by atoms with Crippen LogP contribution in [0.5, 0.6) is 5.75 Å². The predicted octanol–water partition coefficient (Wildman–Crippen LogP) is 5.07. The summed E-state index contributed by atoms with van der Waals surface area (Å²) in [6, 6.07) is 14.7. The van der Waals surface area contributed by atoms with Crippen molar-refractivity contribution in [3.8, 4) is 5.75 Å². The van der Waals surface area contributed by atoms with E-state index in [1.165, 1.54) is 10.8 Å². The van der Waals surface area contributed by atoms with Crippen molar-refractivity contribution in [3.05, 3.63) is 53.6 Å². The number of ether oxygens (including phenoxy) is 1. The van der Waals surface area contributed by atoms with Gasteiger partial charge in [0.05, 0.1) is 15.2 Å². The maximum absolute atomic E-state index is 12.1. The van der Waals surface area contributed by atoms with E-state index in [1.54, 1.807) is 14.0 Å². The van der Waals surface area contributed by atoms with Crippen LogP contribution in [-0.2, 0) is 5.16 Å². The smallest absolute Gasteiger partial charge is 0.160 e. The molecule has 0 N–H and O–H groups in total. The van der Waals surface area contributed by atoms with E-state index in [0.717, 1.165) is 23.0 Å². The van der Waals surface area contributed by atoms with Crippen molar-refractivity contribution in [1.82, 2.24) is 0 Å². The average molecular weight is 387 g/mol. The Balaban J connectivity index is 2.57. The molecule has 2 atom stereocenters. The summed E-state index contributed by atoms with van der Waals surface area (Å²) in [4.78, 5) is 12.1. The number of Topliss-reactive ketones (excluding diaryl/α,β-unsaturated/α-hetero) is 1. The van der Waals surface area contributed by atoms with Crippen LogP contribution in [-0.4, -0.2) is 21.0 Å². The van der Waals surface area contributed by atoms with Crippen LogP contribution in [0.2, 0.25) is 19.6 Å². The van der Waals surface area contributed by atoms with Crippen molar-refractivity contribution in [2.24, 2.45) is 0 Å². The summed E-state index contributed by atoms with van der Waals surface area (Å²) in [7, 11) is 0.838. The Kier molecular flexibility index (Phi) is 6.47. The van der Waals surface area contributed by atoms with Gasteiger partial charge in [0.15, 0.2) is 5.78 Å². The SMILES string of the molecule is CCC(C)(Pc1ccccc1C(C)=O)c1cc([Si](C)(C)C)ccc1OC. The number of rotatable bonds is 7. The summed E-state index contributed by atoms with van der Waals surface area (Å²) in [5.41, 5.74) is 2.10. The number of methoxy groups -OCH3 is 1. The van der Waals surface area contributed by atoms with E-state index in [9.17, 15) is 4.79 Å². The molecule has 2 rings (SSSR count). The van der Waals surface area contributed by atoms with Crippen LogP contribution >= 0.6 is 8.58 Å². The number of hydrogen-bond donors (Lipinski definition) is 0. The highest BCUT2D eigenvalue weighted by Crippen LogP contribution is 2.47. The molecule has 0 saturated heterocycles. The van der Waals surface area contributed by atoms with E-state index in [2.05, 4.69) is 57.8 Å². The first-order valence-electron chi connectivity index (χ1n) is 9.19. The molecule has 0 heterocycles. The van der Waals surface area contributed by atoms with Crippen molar-refractivity contribution < 1.29 is 9.53 Å². The molecule has 0 amide bonds. The van der Waals surface area contributed by atoms with Gasteiger partial charge < -0.3 is 4.74 Å². The molecule has 2 aromatic carbocycles. The van der Waals surface area contributed by atoms with E-state index in [0.29, 0.717) is 8.58 Å². The minimum Gasteiger partial charge on any atom is -0.496 e. The zero-order valence-corrected chi connectivity index (χ0v) is 19.1. The highest BCUT2D eigenvalue weighted by molar-refractivity contribution is 7.48. The van der Waals surface area contributed by atoms with Crippen molar-refractivity contribution >= 4 is 32.9 Å². The second-order valence-electron chi connectivity index (χ2n) is 8.08. The quantitative estimate of drug-likeness (QED) is 0.377. The third-order valence-electron chi connectivity index (χ3n) is 5.08. The predicted molar refractivity (Wildman–Crippen MR) is 118 cm³/mol. The molecule has 0 spiro atoms. The van der Waals surface area contributed by atoms with Gasteiger partial charge >= 0.3 is 0 Å². The lowest BCUT2D eigenvalue weighted by Gasteiger charge is -2.33. The lowest BCUT2D eigenvalue weighted by molar-refractivity contribution is 0.101. The summed E-state index contributed by atoms with van der Waals surface area (Å²) >= 11 is 0. The summed E-state index contributed by atoms with van der Waals surface area (Å²) < 4.78 is 5.73. The maximum Gasteiger partial charge on any atom is 0.160 e. The Morgan fingerprint density at radius 3 is 2.35 bits per heavy atom. The molecular formula is C22H31O2PSi. The van der Waals surface area contributed by atoms with E-state index >= 15 is 0 Å². The van der Waals surface area contributed by atoms with Gasteiger partial charge in [-0.1, -0.05) is 83.7 Å². The van der Waals surface area contributed by atoms with Gasteiger partial charge in [0.1, 0.15) is 5.75 Å². The van der Waals surface area contributed by atoms with E-state index < -0.39 is 8.07 Å². The highest BCUT2D eigenvalue weighted by atomic mass is 31.1. The molecule has 2 unspecified atom stereocenters. The van der Waals surface area contributed by atoms with Crippen LogP contribution in [0.15, 0.2) is 42.5 Å². The van der Waals surface area contributed by atoms with Gasteiger partial charge in [-0.25, -0.2) is 0 Å². The molecule has 140 valence electrons. The van der Waals surface area contributed by atoms with E-state index in [-0.39, 0.29) is 10.9 Å². The second kappa shape index (κ2) is 8.06. The third-order valence-corrected chi connectivity index (χ3v) is 9.01. The molecule has 0 aliphatic heterocycles. The third kappa shape index (κ3) is 4.45. The van der Waals surface area contributed by atoms with Crippen molar-refractivity contribution in [3.63, 3.8) is 0 Å². The molecule has 0 fully saturated rings. The van der Waals surface area contributed by atoms with Crippen LogP contribution in [0.25, 0.3) is 0 Å². The minimum atomic E-state index is -1.42. The number of hydrogen-bond acceptors (Lipinski definition) is 2. The Bertz CT molecular complexity index is 795. The fraction of sp³-hybridized carbons (Fsp3) is 0.409. The number of carbonyl (C=O) groups excluding carboxylic acids is 1. The largest absolute Gasteiger partial charge is 0.496 e. The van der Waals surface area contributed by atoms with E-state index in [1.807, 2.05) is 18.2 Å². The van der Waals surface area contributed by atoms with Crippen LogP contribution in [0, 0.1) is 0 Å². The molecule has 0 bridgehead atoms. The van der Waals surface area contributed by atoms with Crippen molar-refractivity contribution in [2.45, 2.75) is 52.0 Å². The van der Waals surface area contributed by atoms with Crippen LogP contribution in [0.4, 0.5) is 0 Å². The number of ketones is 1. The second-order valence-corrected chi connectivity index (χ2v) is 15.0. The molecule has 0 aliphatic carbocycles. The fourth-order valence-electron chi connectivity index (χ4n) is 3.15. The Morgan fingerprint density at radius 1 is 1.15 bits per heavy atom. The van der Waals surface area contributed by atoms with E-state index in [4.69, 9.17) is 4.74 Å². The lowest BCUT2D eigenvalue weighted by Crippen LogP contribution is -2.38. The lowest BCUT2D eigenvalue weighted by atomic mass is 9.96. The fourth-order valence-corrected chi connectivity index (χ4v) is 5.98. The number of benzene rings is 2. The molecule has 26 heavy (non-hydrogen) atoms. The first-order valence-corrected chi connectivity index (χ1v) is 13.7. The summed E-state index contributed by atoms with van der Waals surface area (Å²) in [5.74, 6) is 1.08. The van der Waals surface area contributed by atoms with Crippen molar-refractivity contribution in [1.29, 1.82) is 0 Å². The zero-order valence-electron chi connectivity index (χ0n) is 17.1. The standard InChI is InChI=1S/C22H31O2PSi/c1-8-22(3,25-21-12-10-9-11-18(21)16(2)23)19-15-17(26(5,6)7)13-14-20(19)24-4/h9-15,25H,8H2,1-7H3. The van der Waals surface area contributed by atoms with Crippen LogP contribution in [0.1, 0.15) is 43.1 Å². The molecule has 2 nitrogen and oxygen atoms in total. The molecule has 0 aliphatic rings. The molecule has 0 aromatic heterocycles. The van der Waals surface area contributed by atoms with Gasteiger partial charge in [-0.2, -0.15) is 0 Å². The molecule has 0 radical (unpaired) electrons. The van der Waals surface area contributed by atoms with Crippen molar-refractivity contribution in [2.75, 3.05) is 7.11 Å². The van der Waals surface area contributed by atoms with Crippen LogP contribution < -0.4 is 15.2 Å².